The van der Waals surface area contributed by atoms with Crippen LogP contribution < -0.4 is 5.32 Å². The summed E-state index contributed by atoms with van der Waals surface area (Å²) in [5.41, 5.74) is 9.58. The Morgan fingerprint density at radius 2 is 1.20 bits per heavy atom. The molecule has 3 N–H and O–H groups in total. The number of hydrogen-bond acceptors (Lipinski definition) is 19. The van der Waals surface area contributed by atoms with Gasteiger partial charge < -0.3 is 44.1 Å². The summed E-state index contributed by atoms with van der Waals surface area (Å²) in [5.74, 6) is -3.30. The molecule has 3 heterocycles. The van der Waals surface area contributed by atoms with Crippen LogP contribution in [0.1, 0.15) is 229 Å². The number of likely N-dealkylation sites (tertiary alicyclic amines) is 1. The van der Waals surface area contributed by atoms with Crippen molar-refractivity contribution in [3.8, 4) is 0 Å². The maximum absolute atomic E-state index is 14.4. The highest BCUT2D eigenvalue weighted by molar-refractivity contribution is 8.06. The Morgan fingerprint density at radius 1 is 0.753 bits per heavy atom. The number of aliphatic carboxylic acids is 1. The zero-order valence-electron chi connectivity index (χ0n) is 55.5. The second kappa shape index (κ2) is 44.5. The van der Waals surface area contributed by atoms with Crippen LogP contribution in [-0.2, 0) is 47.7 Å². The molecule has 2 aliphatic rings. The van der Waals surface area contributed by atoms with Crippen molar-refractivity contribution in [1.82, 2.24) is 30.0 Å². The number of aromatic nitrogens is 2. The lowest BCUT2D eigenvalue weighted by atomic mass is 9.79. The summed E-state index contributed by atoms with van der Waals surface area (Å²) >= 11 is 2.74. The van der Waals surface area contributed by atoms with Crippen LogP contribution in [0.5, 0.6) is 0 Å². The minimum Gasteiger partial charge on any atom is -0.480 e. The number of carbonyl (C=O) groups excluding carboxylic acids is 7. The number of rotatable bonds is 31. The van der Waals surface area contributed by atoms with Gasteiger partial charge in [-0.05, 0) is 100 Å². The monoisotopic (exact) mass is 1330 g/mol. The predicted molar refractivity (Wildman–Crippen MR) is 348 cm³/mol. The minimum absolute atomic E-state index is 0.0139. The van der Waals surface area contributed by atoms with Crippen LogP contribution in [0.25, 0.3) is 10.4 Å². The molecule has 0 aromatic carbocycles. The van der Waals surface area contributed by atoms with E-state index < -0.39 is 47.1 Å². The van der Waals surface area contributed by atoms with Crippen molar-refractivity contribution in [2.75, 3.05) is 41.3 Å². The molecule has 2 aromatic rings. The number of esters is 4. The van der Waals surface area contributed by atoms with Crippen LogP contribution in [0.3, 0.4) is 0 Å². The van der Waals surface area contributed by atoms with Gasteiger partial charge in [0.2, 0.25) is 17.7 Å². The van der Waals surface area contributed by atoms with Gasteiger partial charge in [-0.3, -0.25) is 33.7 Å². The lowest BCUT2D eigenvalue weighted by Crippen LogP contribution is -2.57. The number of piperidine rings is 1. The molecule has 1 saturated carbocycles. The number of nitrogens with one attached hydrogen (secondary N) is 1. The van der Waals surface area contributed by atoms with E-state index >= 15 is 0 Å². The lowest BCUT2D eigenvalue weighted by Gasteiger charge is -2.39. The molecule has 0 bridgehead atoms. The van der Waals surface area contributed by atoms with Crippen LogP contribution in [0.2, 0.25) is 0 Å². The Balaban J connectivity index is 0.000000737. The van der Waals surface area contributed by atoms with Crippen molar-refractivity contribution in [3.63, 3.8) is 0 Å². The standard InChI is InChI=1S/C31H51N3O6S.C23H37N5O5S.C7H13NO2.FH3OP2/c1-9-13-26(35)40-18-34(25(19(3)4)16-22(7)29-32-24(17-41-29)31(38)39-8)30(37)27(20(5)10-2)33-28(36)23-15-12-11-14-21(23)6;1-8-10-19(29)33-13-28(22(30)20(26-27-24)15(5)9-2)18(14(3)4)11-16(6)21-25-17(12-34-21)23(31)32-7;1-8-5-3-2-4-6(8)7(9)10;1-3-4-2/h17,19-23,25,27H,9-16,18H2,1-8H3,(H,33,36);12,14-16,18,20H,8-11,13H2,1-7H3;6H,2-5H2,1H3,(H,9,10);2-4H/t20?,21?,22-,23?,25-,27+;15?,16-,18-,20+;;/m11../s1. The molecule has 1 aliphatic heterocycles. The third-order valence-electron chi connectivity index (χ3n) is 16.3. The Kier molecular flexibility index (Phi) is 41.0. The van der Waals surface area contributed by atoms with Gasteiger partial charge >= 0.3 is 29.8 Å². The van der Waals surface area contributed by atoms with E-state index in [0.717, 1.165) is 61.5 Å². The molecule has 89 heavy (non-hydrogen) atoms. The van der Waals surface area contributed by atoms with Crippen molar-refractivity contribution in [3.05, 3.63) is 42.6 Å². The summed E-state index contributed by atoms with van der Waals surface area (Å²) in [7, 11) is 3.23. The van der Waals surface area contributed by atoms with E-state index in [-0.39, 0.29) is 133 Å². The van der Waals surface area contributed by atoms with Crippen molar-refractivity contribution >= 4 is 87.3 Å². The zero-order chi connectivity index (χ0) is 67.5. The fourth-order valence-electron chi connectivity index (χ4n) is 10.4. The molecule has 23 nitrogen and oxygen atoms in total. The molecular weight excluding hydrogens is 1230 g/mol. The summed E-state index contributed by atoms with van der Waals surface area (Å²) in [6.07, 6.45) is 11.2. The summed E-state index contributed by atoms with van der Waals surface area (Å²) in [4.78, 5) is 125. The van der Waals surface area contributed by atoms with Gasteiger partial charge in [0.1, 0.15) is 26.7 Å². The fraction of sp³-hybridized carbons (Fsp3) is 0.770. The average molecular weight is 1330 g/mol. The molecule has 1 saturated heterocycles. The number of ether oxygens (including phenoxy) is 4. The quantitative estimate of drug-likeness (QED) is 0.0120. The largest absolute Gasteiger partial charge is 0.480 e. The molecule has 28 heteroatoms. The number of carboxylic acid groups (broad SMARTS) is 1. The predicted octanol–water partition coefficient (Wildman–Crippen LogP) is 12.8. The Hall–Kier alpha value is -4.96. The van der Waals surface area contributed by atoms with Gasteiger partial charge in [0.05, 0.1) is 32.7 Å². The summed E-state index contributed by atoms with van der Waals surface area (Å²) in [6.45, 7) is 26.2. The molecule has 2 aromatic heterocycles. The maximum atomic E-state index is 14.4. The smallest absolute Gasteiger partial charge is 0.357 e. The van der Waals surface area contributed by atoms with Gasteiger partial charge in [0, 0.05) is 58.4 Å². The number of carbonyl (C=O) groups is 8. The van der Waals surface area contributed by atoms with Crippen LogP contribution >= 0.6 is 39.7 Å². The van der Waals surface area contributed by atoms with Gasteiger partial charge in [-0.15, -0.1) is 22.7 Å². The van der Waals surface area contributed by atoms with Crippen molar-refractivity contribution in [2.45, 2.75) is 228 Å². The molecule has 2 fully saturated rings. The molecule has 0 spiro atoms. The van der Waals surface area contributed by atoms with Gasteiger partial charge in [-0.1, -0.05) is 127 Å². The molecule has 13 atom stereocenters. The number of nitrogens with zero attached hydrogens (tertiary/aromatic N) is 8. The van der Waals surface area contributed by atoms with Crippen LogP contribution in [0, 0.1) is 35.5 Å². The van der Waals surface area contributed by atoms with Crippen molar-refractivity contribution in [2.24, 2.45) is 40.6 Å². The molecule has 0 radical (unpaired) electrons. The van der Waals surface area contributed by atoms with Crippen molar-refractivity contribution < 1.29 is 71.5 Å². The Bertz CT molecular complexity index is 2520. The van der Waals surface area contributed by atoms with E-state index in [1.807, 2.05) is 95.0 Å². The number of carboxylic acids is 1. The molecule has 3 amide bonds. The van der Waals surface area contributed by atoms with Gasteiger partial charge in [-0.25, -0.2) is 23.8 Å². The van der Waals surface area contributed by atoms with Crippen LogP contribution in [-0.4, -0.2) is 154 Å². The Morgan fingerprint density at radius 3 is 1.57 bits per heavy atom. The van der Waals surface area contributed by atoms with E-state index in [1.165, 1.54) is 41.8 Å². The van der Waals surface area contributed by atoms with E-state index in [1.54, 1.807) is 15.7 Å². The Labute approximate surface area is 539 Å². The number of thiazole rings is 2. The van der Waals surface area contributed by atoms with Crippen molar-refractivity contribution in [1.29, 1.82) is 0 Å². The third kappa shape index (κ3) is 28.2. The summed E-state index contributed by atoms with van der Waals surface area (Å²) in [6, 6.07) is -2.47. The SMILES string of the molecule is CCCC(=O)OCN(C(=O)[C@@H](N=[N+]=[N-])C(C)CC)[C@H](C[C@@H](C)c1nc(C(=O)OC)cs1)C(C)C.CCCC(=O)OCN(C(=O)[C@@H](NC(=O)C1CCCCC1C)C(C)CC)[C@H](C[C@@H](C)c1nc(C(=O)OC)cs1)C(C)C.CN1CCCCC1C(=O)O.OPPF. The van der Waals surface area contributed by atoms with E-state index in [9.17, 15) is 42.6 Å². The number of amides is 3. The maximum Gasteiger partial charge on any atom is 0.357 e. The number of azide groups is 1. The first kappa shape index (κ1) is 82.1. The molecule has 506 valence electrons. The van der Waals surface area contributed by atoms with Crippen LogP contribution in [0.4, 0.5) is 4.20 Å². The highest BCUT2D eigenvalue weighted by Crippen LogP contribution is 2.35. The van der Waals surface area contributed by atoms with Gasteiger partial charge in [0.15, 0.2) is 24.8 Å². The highest BCUT2D eigenvalue weighted by atomic mass is 32.1. The number of methoxy groups -OCH3 is 2. The number of hydrogen-bond donors (Lipinski definition) is 3. The topological polar surface area (TPSA) is 310 Å². The fourth-order valence-corrected chi connectivity index (χ4v) is 12.1. The third-order valence-corrected chi connectivity index (χ3v) is 18.8. The lowest BCUT2D eigenvalue weighted by molar-refractivity contribution is -0.160. The normalized spacial score (nSPS) is 18.5. The van der Waals surface area contributed by atoms with E-state index in [2.05, 4.69) is 32.2 Å². The molecule has 1 aliphatic carbocycles. The number of likely N-dealkylation sites (N-methyl/N-ethyl adjacent to an activating group) is 1. The first-order valence-corrected chi connectivity index (χ1v) is 35.8. The second-order valence-corrected chi connectivity index (χ2v) is 27.2. The summed E-state index contributed by atoms with van der Waals surface area (Å²) < 4.78 is 31.1. The average Bonchev–Trinajstić information content (AvgIpc) is 2.45. The minimum atomic E-state index is -0.901. The van der Waals surface area contributed by atoms with Gasteiger partial charge in [0.25, 0.3) is 0 Å². The second-order valence-electron chi connectivity index (χ2n) is 23.7. The van der Waals surface area contributed by atoms with E-state index in [4.69, 9.17) is 34.5 Å². The summed E-state index contributed by atoms with van der Waals surface area (Å²) in [5, 5.41) is 20.4. The van der Waals surface area contributed by atoms with Crippen LogP contribution in [0.15, 0.2) is 15.9 Å². The molecular formula is C61H104FN9O14P2S2. The van der Waals surface area contributed by atoms with E-state index in [0.29, 0.717) is 38.5 Å². The molecule has 4 rings (SSSR count). The zero-order valence-corrected chi connectivity index (χ0v) is 59.1. The molecule has 7 unspecified atom stereocenters. The first-order valence-electron chi connectivity index (χ1n) is 31.2. The first-order chi connectivity index (χ1) is 42.2. The number of halogens is 1. The highest BCUT2D eigenvalue weighted by Gasteiger charge is 2.40. The van der Waals surface area contributed by atoms with Gasteiger partial charge in [-0.2, -0.15) is 0 Å².